The quantitative estimate of drug-likeness (QED) is 0.401. The number of aromatic hydroxyl groups is 1. The summed E-state index contributed by atoms with van der Waals surface area (Å²) in [5.74, 6) is -0.557. The minimum absolute atomic E-state index is 0.0435. The van der Waals surface area contributed by atoms with E-state index in [2.05, 4.69) is 5.10 Å². The van der Waals surface area contributed by atoms with Gasteiger partial charge in [0.1, 0.15) is 10.6 Å². The van der Waals surface area contributed by atoms with Gasteiger partial charge < -0.3 is 14.6 Å². The second-order valence-electron chi connectivity index (χ2n) is 4.99. The number of sulfonamides is 1. The zero-order valence-corrected chi connectivity index (χ0v) is 15.6. The Balaban J connectivity index is 2.36. The van der Waals surface area contributed by atoms with Gasteiger partial charge in [-0.15, -0.1) is 0 Å². The molecule has 144 valence electrons. The Bertz CT molecular complexity index is 1010. The first-order valence-corrected chi connectivity index (χ1v) is 8.99. The second kappa shape index (κ2) is 8.10. The summed E-state index contributed by atoms with van der Waals surface area (Å²) >= 11 is 5.81. The highest BCUT2D eigenvalue weighted by atomic mass is 35.5. The maximum atomic E-state index is 12.4. The molecule has 0 heterocycles. The molecule has 0 spiro atoms. The molecule has 2 aromatic rings. The Hall–Kier alpha value is -3.05. The standard InChI is InChI=1S/C15H14ClN3O7S/c1-25-12-4-3-10(16)6-14(12)27(23,24)18-17-8-9-5-11(19(21)22)7-13(26-2)15(9)20/h3-8,18,20H,1-2H3/b17-8+. The first-order valence-electron chi connectivity index (χ1n) is 7.13. The molecule has 0 aromatic heterocycles. The van der Waals surface area contributed by atoms with Crippen molar-refractivity contribution in [3.63, 3.8) is 0 Å². The van der Waals surface area contributed by atoms with Crippen molar-refractivity contribution in [3.8, 4) is 17.2 Å². The molecular formula is C15H14ClN3O7S. The maximum absolute atomic E-state index is 12.4. The van der Waals surface area contributed by atoms with E-state index in [1.165, 1.54) is 32.4 Å². The zero-order chi connectivity index (χ0) is 20.2. The fraction of sp³-hybridized carbons (Fsp3) is 0.133. The van der Waals surface area contributed by atoms with E-state index in [1.54, 1.807) is 0 Å². The first-order chi connectivity index (χ1) is 12.7. The highest BCUT2D eigenvalue weighted by Gasteiger charge is 2.20. The van der Waals surface area contributed by atoms with Gasteiger partial charge in [-0.25, -0.2) is 0 Å². The van der Waals surface area contributed by atoms with Crippen LogP contribution < -0.4 is 14.3 Å². The number of halogens is 1. The molecule has 0 unspecified atom stereocenters. The fourth-order valence-electron chi connectivity index (χ4n) is 2.05. The molecule has 0 bridgehead atoms. The Morgan fingerprint density at radius 1 is 1.22 bits per heavy atom. The summed E-state index contributed by atoms with van der Waals surface area (Å²) in [6.45, 7) is 0. The molecule has 0 radical (unpaired) electrons. The van der Waals surface area contributed by atoms with E-state index in [9.17, 15) is 23.6 Å². The molecule has 0 saturated carbocycles. The fourth-order valence-corrected chi connectivity index (χ4v) is 3.27. The van der Waals surface area contributed by atoms with Crippen LogP contribution in [0, 0.1) is 10.1 Å². The number of nitrogens with one attached hydrogen (secondary N) is 1. The average molecular weight is 416 g/mol. The monoisotopic (exact) mass is 415 g/mol. The van der Waals surface area contributed by atoms with Gasteiger partial charge in [-0.3, -0.25) is 10.1 Å². The summed E-state index contributed by atoms with van der Waals surface area (Å²) in [6.07, 6.45) is 0.902. The lowest BCUT2D eigenvalue weighted by Gasteiger charge is -2.09. The number of nitrogens with zero attached hydrogens (tertiary/aromatic N) is 2. The summed E-state index contributed by atoms with van der Waals surface area (Å²) in [7, 11) is -1.65. The summed E-state index contributed by atoms with van der Waals surface area (Å²) in [5.41, 5.74) is -0.493. The van der Waals surface area contributed by atoms with E-state index in [0.29, 0.717) is 0 Å². The number of rotatable bonds is 7. The van der Waals surface area contributed by atoms with Crippen molar-refractivity contribution in [1.82, 2.24) is 4.83 Å². The Labute approximate surface area is 159 Å². The smallest absolute Gasteiger partial charge is 0.280 e. The van der Waals surface area contributed by atoms with E-state index in [-0.39, 0.29) is 32.7 Å². The van der Waals surface area contributed by atoms with Crippen LogP contribution in [-0.4, -0.2) is 38.9 Å². The molecule has 0 aliphatic rings. The molecule has 0 aliphatic heterocycles. The number of nitro benzene ring substituents is 1. The van der Waals surface area contributed by atoms with Crippen molar-refractivity contribution in [1.29, 1.82) is 0 Å². The van der Waals surface area contributed by atoms with Crippen LogP contribution in [0.25, 0.3) is 0 Å². The van der Waals surface area contributed by atoms with Gasteiger partial charge in [0, 0.05) is 16.7 Å². The van der Waals surface area contributed by atoms with E-state index in [0.717, 1.165) is 18.3 Å². The van der Waals surface area contributed by atoms with Gasteiger partial charge in [-0.1, -0.05) is 11.6 Å². The van der Waals surface area contributed by atoms with Gasteiger partial charge in [0.2, 0.25) is 0 Å². The largest absolute Gasteiger partial charge is 0.504 e. The highest BCUT2D eigenvalue weighted by molar-refractivity contribution is 7.89. The Morgan fingerprint density at radius 2 is 1.89 bits per heavy atom. The number of benzene rings is 2. The van der Waals surface area contributed by atoms with Crippen molar-refractivity contribution in [3.05, 3.63) is 51.0 Å². The van der Waals surface area contributed by atoms with E-state index in [1.807, 2.05) is 4.83 Å². The van der Waals surface area contributed by atoms with E-state index >= 15 is 0 Å². The predicted octanol–water partition coefficient (Wildman–Crippen LogP) is 2.28. The average Bonchev–Trinajstić information content (AvgIpc) is 2.62. The van der Waals surface area contributed by atoms with Crippen LogP contribution in [0.1, 0.15) is 5.56 Å². The van der Waals surface area contributed by atoms with Crippen LogP contribution in [0.4, 0.5) is 5.69 Å². The van der Waals surface area contributed by atoms with Crippen molar-refractivity contribution in [2.75, 3.05) is 14.2 Å². The second-order valence-corrected chi connectivity index (χ2v) is 7.06. The van der Waals surface area contributed by atoms with Gasteiger partial charge in [0.15, 0.2) is 11.5 Å². The van der Waals surface area contributed by atoms with Crippen molar-refractivity contribution >= 4 is 33.5 Å². The number of non-ortho nitro benzene ring substituents is 1. The summed E-state index contributed by atoms with van der Waals surface area (Å²) in [4.78, 5) is 11.9. The summed E-state index contributed by atoms with van der Waals surface area (Å²) < 4.78 is 34.6. The zero-order valence-electron chi connectivity index (χ0n) is 14.0. The molecule has 0 fully saturated rings. The van der Waals surface area contributed by atoms with Crippen LogP contribution in [-0.2, 0) is 10.0 Å². The lowest BCUT2D eigenvalue weighted by Crippen LogP contribution is -2.19. The minimum Gasteiger partial charge on any atom is -0.504 e. The molecule has 27 heavy (non-hydrogen) atoms. The Kier molecular flexibility index (Phi) is 6.08. The molecular weight excluding hydrogens is 402 g/mol. The van der Waals surface area contributed by atoms with Crippen molar-refractivity contribution in [2.45, 2.75) is 4.90 Å². The maximum Gasteiger partial charge on any atom is 0.280 e. The molecule has 12 heteroatoms. The number of methoxy groups -OCH3 is 2. The predicted molar refractivity (Wildman–Crippen MR) is 97.2 cm³/mol. The number of phenols is 1. The molecule has 0 amide bonds. The SMILES string of the molecule is COc1ccc(Cl)cc1S(=O)(=O)N/N=C/c1cc([N+](=O)[O-])cc(OC)c1O. The number of ether oxygens (including phenoxy) is 2. The van der Waals surface area contributed by atoms with Crippen LogP contribution in [0.2, 0.25) is 5.02 Å². The van der Waals surface area contributed by atoms with Crippen molar-refractivity contribution in [2.24, 2.45) is 5.10 Å². The van der Waals surface area contributed by atoms with Gasteiger partial charge in [0.25, 0.3) is 15.7 Å². The molecule has 0 atom stereocenters. The van der Waals surface area contributed by atoms with E-state index in [4.69, 9.17) is 21.1 Å². The van der Waals surface area contributed by atoms with Crippen LogP contribution in [0.5, 0.6) is 17.2 Å². The van der Waals surface area contributed by atoms with Gasteiger partial charge in [-0.2, -0.15) is 18.4 Å². The van der Waals surface area contributed by atoms with Crippen molar-refractivity contribution < 1.29 is 27.9 Å². The number of hydrogen-bond acceptors (Lipinski definition) is 8. The van der Waals surface area contributed by atoms with Gasteiger partial charge >= 0.3 is 0 Å². The third-order valence-corrected chi connectivity index (χ3v) is 4.79. The number of phenolic OH excluding ortho intramolecular Hbond substituents is 1. The lowest BCUT2D eigenvalue weighted by molar-refractivity contribution is -0.385. The molecule has 10 nitrogen and oxygen atoms in total. The molecule has 2 N–H and O–H groups in total. The number of hydrazone groups is 1. The van der Waals surface area contributed by atoms with E-state index < -0.39 is 20.7 Å². The number of hydrogen-bond donors (Lipinski definition) is 2. The normalized spacial score (nSPS) is 11.4. The highest BCUT2D eigenvalue weighted by Crippen LogP contribution is 2.33. The first kappa shape index (κ1) is 20.3. The van der Waals surface area contributed by atoms with Crippen LogP contribution >= 0.6 is 11.6 Å². The molecule has 0 aliphatic carbocycles. The molecule has 0 saturated heterocycles. The van der Waals surface area contributed by atoms with Gasteiger partial charge in [-0.05, 0) is 18.2 Å². The Morgan fingerprint density at radius 3 is 2.48 bits per heavy atom. The van der Waals surface area contributed by atoms with Crippen LogP contribution in [0.3, 0.4) is 0 Å². The molecule has 2 aromatic carbocycles. The summed E-state index contributed by atoms with van der Waals surface area (Å²) in [6, 6.07) is 6.03. The topological polar surface area (TPSA) is 140 Å². The third kappa shape index (κ3) is 4.57. The van der Waals surface area contributed by atoms with Crippen LogP contribution in [0.15, 0.2) is 40.3 Å². The molecule has 2 rings (SSSR count). The lowest BCUT2D eigenvalue weighted by atomic mass is 10.2. The minimum atomic E-state index is -4.15. The number of nitro groups is 1. The van der Waals surface area contributed by atoms with Gasteiger partial charge in [0.05, 0.1) is 31.4 Å². The summed E-state index contributed by atoms with van der Waals surface area (Å²) in [5, 5.41) is 24.6. The third-order valence-electron chi connectivity index (χ3n) is 3.31.